The van der Waals surface area contributed by atoms with Gasteiger partial charge in [0.1, 0.15) is 0 Å². The fraction of sp³-hybridized carbons (Fsp3) is 0.0732. The van der Waals surface area contributed by atoms with E-state index < -0.39 is 0 Å². The van der Waals surface area contributed by atoms with Crippen LogP contribution in [0.3, 0.4) is 0 Å². The SMILES string of the molecule is CC1Cc2c(c(-c3ccc(-c4ccc5ccccc5c4)cc3)c3ccccc3c2Br)C=C1c1ccc2ccccc2c1. The predicted molar refractivity (Wildman–Crippen MR) is 185 cm³/mol. The zero-order chi connectivity index (χ0) is 28.2. The summed E-state index contributed by atoms with van der Waals surface area (Å²) in [6.45, 7) is 2.36. The number of hydrogen-bond donors (Lipinski definition) is 0. The molecular formula is C41H29Br. The van der Waals surface area contributed by atoms with Crippen LogP contribution in [0.1, 0.15) is 23.6 Å². The number of benzene rings is 7. The van der Waals surface area contributed by atoms with Gasteiger partial charge < -0.3 is 0 Å². The van der Waals surface area contributed by atoms with E-state index in [9.17, 15) is 0 Å². The summed E-state index contributed by atoms with van der Waals surface area (Å²) in [6, 6.07) is 48.9. The molecular weight excluding hydrogens is 572 g/mol. The molecule has 0 aromatic heterocycles. The van der Waals surface area contributed by atoms with Crippen molar-refractivity contribution in [3.63, 3.8) is 0 Å². The molecule has 8 rings (SSSR count). The number of halogens is 1. The number of fused-ring (bicyclic) bond motifs is 4. The third-order valence-electron chi connectivity index (χ3n) is 8.97. The molecule has 0 heterocycles. The van der Waals surface area contributed by atoms with Gasteiger partial charge in [-0.1, -0.05) is 128 Å². The van der Waals surface area contributed by atoms with E-state index in [4.69, 9.17) is 0 Å². The Morgan fingerprint density at radius 3 is 1.74 bits per heavy atom. The Morgan fingerprint density at radius 2 is 1.05 bits per heavy atom. The van der Waals surface area contributed by atoms with Gasteiger partial charge in [-0.2, -0.15) is 0 Å². The third kappa shape index (κ3) is 4.19. The van der Waals surface area contributed by atoms with Crippen LogP contribution in [0.5, 0.6) is 0 Å². The second-order valence-corrected chi connectivity index (χ2v) is 12.3. The first-order valence-electron chi connectivity index (χ1n) is 14.7. The van der Waals surface area contributed by atoms with E-state index in [2.05, 4.69) is 162 Å². The minimum absolute atomic E-state index is 0.416. The van der Waals surface area contributed by atoms with Crippen LogP contribution in [-0.2, 0) is 6.42 Å². The average Bonchev–Trinajstić information content (AvgIpc) is 3.05. The standard InChI is InChI=1S/C41H29Br/c1-26-22-39-38(25-37(26)34-21-17-28-9-3-5-11-32(28)24-34)40(35-12-6-7-13-36(35)41(39)42)30-18-14-29(15-19-30)33-20-16-27-8-2-4-10-31(27)23-33/h2-21,23-26H,22H2,1H3. The van der Waals surface area contributed by atoms with E-state index in [1.807, 2.05) is 0 Å². The molecule has 0 radical (unpaired) electrons. The van der Waals surface area contributed by atoms with Crippen LogP contribution in [0.2, 0.25) is 0 Å². The summed E-state index contributed by atoms with van der Waals surface area (Å²) in [6.07, 6.45) is 3.47. The summed E-state index contributed by atoms with van der Waals surface area (Å²) in [5.74, 6) is 0.416. The average molecular weight is 602 g/mol. The normalized spacial score (nSPS) is 14.7. The molecule has 1 heteroatoms. The zero-order valence-corrected chi connectivity index (χ0v) is 25.0. The van der Waals surface area contributed by atoms with Crippen LogP contribution in [0.4, 0.5) is 0 Å². The lowest BCUT2D eigenvalue weighted by Gasteiger charge is -2.28. The summed E-state index contributed by atoms with van der Waals surface area (Å²) in [5.41, 5.74) is 10.5. The van der Waals surface area contributed by atoms with Gasteiger partial charge in [0.15, 0.2) is 0 Å². The second kappa shape index (κ2) is 10.1. The first-order valence-corrected chi connectivity index (χ1v) is 15.5. The molecule has 1 unspecified atom stereocenters. The van der Waals surface area contributed by atoms with Gasteiger partial charge in [0.25, 0.3) is 0 Å². The minimum atomic E-state index is 0.416. The Bertz CT molecular complexity index is 2180. The van der Waals surface area contributed by atoms with Gasteiger partial charge in [0.2, 0.25) is 0 Å². The highest BCUT2D eigenvalue weighted by Gasteiger charge is 2.26. The fourth-order valence-corrected chi connectivity index (χ4v) is 7.51. The van der Waals surface area contributed by atoms with Crippen molar-refractivity contribution in [2.24, 2.45) is 5.92 Å². The Kier molecular flexibility index (Phi) is 6.09. The van der Waals surface area contributed by atoms with Crippen LogP contribution in [0, 0.1) is 5.92 Å². The van der Waals surface area contributed by atoms with Crippen molar-refractivity contribution in [3.05, 3.63) is 155 Å². The van der Waals surface area contributed by atoms with Gasteiger partial charge >= 0.3 is 0 Å². The van der Waals surface area contributed by atoms with E-state index in [1.54, 1.807) is 0 Å². The highest BCUT2D eigenvalue weighted by atomic mass is 79.9. The van der Waals surface area contributed by atoms with E-state index in [1.165, 1.54) is 81.3 Å². The van der Waals surface area contributed by atoms with E-state index in [-0.39, 0.29) is 0 Å². The van der Waals surface area contributed by atoms with E-state index in [0.717, 1.165) is 6.42 Å². The first-order chi connectivity index (χ1) is 20.6. The zero-order valence-electron chi connectivity index (χ0n) is 23.4. The van der Waals surface area contributed by atoms with Crippen LogP contribution >= 0.6 is 15.9 Å². The van der Waals surface area contributed by atoms with Crippen molar-refractivity contribution in [2.75, 3.05) is 0 Å². The molecule has 1 aliphatic carbocycles. The van der Waals surface area contributed by atoms with Crippen molar-refractivity contribution in [1.82, 2.24) is 0 Å². The Balaban J connectivity index is 1.30. The summed E-state index contributed by atoms with van der Waals surface area (Å²) in [5, 5.41) is 7.68. The first kappa shape index (κ1) is 25.3. The van der Waals surface area contributed by atoms with Gasteiger partial charge in [-0.15, -0.1) is 0 Å². The van der Waals surface area contributed by atoms with Crippen LogP contribution in [0.25, 0.3) is 66.2 Å². The lowest BCUT2D eigenvalue weighted by molar-refractivity contribution is 0.736. The smallest absolute Gasteiger partial charge is 0.0292 e. The number of hydrogen-bond acceptors (Lipinski definition) is 0. The Morgan fingerprint density at radius 1 is 0.524 bits per heavy atom. The number of allylic oxidation sites excluding steroid dienone is 1. The second-order valence-electron chi connectivity index (χ2n) is 11.5. The van der Waals surface area contributed by atoms with Crippen LogP contribution in [-0.4, -0.2) is 0 Å². The summed E-state index contributed by atoms with van der Waals surface area (Å²) < 4.78 is 1.23. The largest absolute Gasteiger partial charge is 0.0616 e. The number of rotatable bonds is 3. The lowest BCUT2D eigenvalue weighted by atomic mass is 9.77. The molecule has 0 fully saturated rings. The van der Waals surface area contributed by atoms with Crippen LogP contribution < -0.4 is 0 Å². The van der Waals surface area contributed by atoms with Crippen molar-refractivity contribution in [2.45, 2.75) is 13.3 Å². The molecule has 7 aromatic rings. The van der Waals surface area contributed by atoms with Gasteiger partial charge in [-0.05, 0) is 123 Å². The maximum atomic E-state index is 4.04. The van der Waals surface area contributed by atoms with Crippen LogP contribution in [0.15, 0.2) is 138 Å². The summed E-state index contributed by atoms with van der Waals surface area (Å²) in [7, 11) is 0. The van der Waals surface area contributed by atoms with Gasteiger partial charge in [-0.25, -0.2) is 0 Å². The summed E-state index contributed by atoms with van der Waals surface area (Å²) in [4.78, 5) is 0. The van der Waals surface area contributed by atoms with Crippen molar-refractivity contribution < 1.29 is 0 Å². The molecule has 0 spiro atoms. The molecule has 1 atom stereocenters. The Labute approximate surface area is 255 Å². The highest BCUT2D eigenvalue weighted by Crippen LogP contribution is 2.47. The van der Waals surface area contributed by atoms with Crippen molar-refractivity contribution in [1.29, 1.82) is 0 Å². The predicted octanol–water partition coefficient (Wildman–Crippen LogP) is 12.0. The molecule has 0 bridgehead atoms. The van der Waals surface area contributed by atoms with E-state index >= 15 is 0 Å². The molecule has 0 saturated heterocycles. The van der Waals surface area contributed by atoms with Gasteiger partial charge in [-0.3, -0.25) is 0 Å². The monoisotopic (exact) mass is 600 g/mol. The molecule has 0 amide bonds. The molecule has 0 saturated carbocycles. The molecule has 42 heavy (non-hydrogen) atoms. The molecule has 200 valence electrons. The molecule has 0 N–H and O–H groups in total. The lowest BCUT2D eigenvalue weighted by Crippen LogP contribution is -2.11. The quantitative estimate of drug-likeness (QED) is 0.189. The molecule has 0 nitrogen and oxygen atoms in total. The molecule has 0 aliphatic heterocycles. The third-order valence-corrected chi connectivity index (χ3v) is 9.88. The summed E-state index contributed by atoms with van der Waals surface area (Å²) >= 11 is 4.04. The topological polar surface area (TPSA) is 0 Å². The minimum Gasteiger partial charge on any atom is -0.0616 e. The van der Waals surface area contributed by atoms with Gasteiger partial charge in [0, 0.05) is 4.47 Å². The Hall–Kier alpha value is -4.46. The fourth-order valence-electron chi connectivity index (χ4n) is 6.79. The maximum absolute atomic E-state index is 4.04. The molecule has 7 aromatic carbocycles. The van der Waals surface area contributed by atoms with E-state index in [0.29, 0.717) is 5.92 Å². The maximum Gasteiger partial charge on any atom is 0.0292 e. The molecule has 1 aliphatic rings. The van der Waals surface area contributed by atoms with Crippen molar-refractivity contribution in [3.8, 4) is 22.3 Å². The van der Waals surface area contributed by atoms with Gasteiger partial charge in [0.05, 0.1) is 0 Å². The van der Waals surface area contributed by atoms with Crippen molar-refractivity contribution >= 4 is 59.9 Å². The highest BCUT2D eigenvalue weighted by molar-refractivity contribution is 9.10.